The Morgan fingerprint density at radius 2 is 1.83 bits per heavy atom. The van der Waals surface area contributed by atoms with Gasteiger partial charge in [0, 0.05) is 17.1 Å². The molecule has 0 aliphatic heterocycles. The molecule has 0 heterocycles. The van der Waals surface area contributed by atoms with Crippen LogP contribution in [0.15, 0.2) is 12.1 Å². The fourth-order valence-corrected chi connectivity index (χ4v) is 2.28. The standard InChI is InChI=1S/C13H18Cl2FNO/c1-7(2)13(6-18)17-8(3)9-4-12(16)11(15)5-10(9)14/h4-5,7-8,13,17-18H,6H2,1-3H3. The van der Waals surface area contributed by atoms with Crippen molar-refractivity contribution in [3.8, 4) is 0 Å². The predicted molar refractivity (Wildman–Crippen MR) is 73.7 cm³/mol. The van der Waals surface area contributed by atoms with Crippen LogP contribution in [0, 0.1) is 11.7 Å². The van der Waals surface area contributed by atoms with E-state index in [-0.39, 0.29) is 29.6 Å². The minimum atomic E-state index is -0.491. The van der Waals surface area contributed by atoms with E-state index in [9.17, 15) is 9.50 Å². The van der Waals surface area contributed by atoms with Crippen LogP contribution in [0.3, 0.4) is 0 Å². The topological polar surface area (TPSA) is 32.3 Å². The SMILES string of the molecule is CC(NC(CO)C(C)C)c1cc(F)c(Cl)cc1Cl. The minimum absolute atomic E-state index is 0.0125. The zero-order valence-electron chi connectivity index (χ0n) is 10.7. The van der Waals surface area contributed by atoms with Gasteiger partial charge in [-0.3, -0.25) is 0 Å². The van der Waals surface area contributed by atoms with Gasteiger partial charge in [-0.15, -0.1) is 0 Å². The van der Waals surface area contributed by atoms with E-state index < -0.39 is 5.82 Å². The molecule has 0 saturated carbocycles. The van der Waals surface area contributed by atoms with Crippen molar-refractivity contribution in [1.82, 2.24) is 5.32 Å². The lowest BCUT2D eigenvalue weighted by molar-refractivity contribution is 0.201. The molecule has 0 amide bonds. The molecule has 102 valence electrons. The van der Waals surface area contributed by atoms with Gasteiger partial charge in [0.1, 0.15) is 5.82 Å². The van der Waals surface area contributed by atoms with Crippen molar-refractivity contribution in [1.29, 1.82) is 0 Å². The number of nitrogens with one attached hydrogen (secondary N) is 1. The first-order chi connectivity index (χ1) is 8.36. The second-order valence-corrected chi connectivity index (χ2v) is 5.52. The lowest BCUT2D eigenvalue weighted by Crippen LogP contribution is -2.38. The maximum Gasteiger partial charge on any atom is 0.142 e. The Morgan fingerprint density at radius 1 is 1.22 bits per heavy atom. The summed E-state index contributed by atoms with van der Waals surface area (Å²) in [4.78, 5) is 0. The van der Waals surface area contributed by atoms with Gasteiger partial charge in [-0.25, -0.2) is 4.39 Å². The van der Waals surface area contributed by atoms with E-state index in [0.717, 1.165) is 0 Å². The average Bonchev–Trinajstić information content (AvgIpc) is 2.29. The Balaban J connectivity index is 2.90. The van der Waals surface area contributed by atoms with Crippen LogP contribution in [-0.4, -0.2) is 17.8 Å². The van der Waals surface area contributed by atoms with Crippen LogP contribution in [0.5, 0.6) is 0 Å². The monoisotopic (exact) mass is 293 g/mol. The second-order valence-electron chi connectivity index (χ2n) is 4.71. The summed E-state index contributed by atoms with van der Waals surface area (Å²) in [5, 5.41) is 12.9. The zero-order valence-corrected chi connectivity index (χ0v) is 12.2. The highest BCUT2D eigenvalue weighted by molar-refractivity contribution is 6.35. The molecule has 2 nitrogen and oxygen atoms in total. The second kappa shape index (κ2) is 6.71. The van der Waals surface area contributed by atoms with Crippen LogP contribution in [0.4, 0.5) is 4.39 Å². The number of hydrogen-bond donors (Lipinski definition) is 2. The van der Waals surface area contributed by atoms with Gasteiger partial charge in [-0.05, 0) is 30.5 Å². The Bertz CT molecular complexity index is 412. The van der Waals surface area contributed by atoms with Crippen LogP contribution in [0.2, 0.25) is 10.0 Å². The van der Waals surface area contributed by atoms with Gasteiger partial charge in [-0.1, -0.05) is 37.0 Å². The van der Waals surface area contributed by atoms with Gasteiger partial charge >= 0.3 is 0 Å². The van der Waals surface area contributed by atoms with E-state index in [0.29, 0.717) is 10.6 Å². The molecule has 0 aliphatic rings. The van der Waals surface area contributed by atoms with E-state index >= 15 is 0 Å². The zero-order chi connectivity index (χ0) is 13.9. The van der Waals surface area contributed by atoms with E-state index in [2.05, 4.69) is 5.32 Å². The largest absolute Gasteiger partial charge is 0.395 e. The third kappa shape index (κ3) is 3.82. The van der Waals surface area contributed by atoms with Crippen molar-refractivity contribution in [3.63, 3.8) is 0 Å². The van der Waals surface area contributed by atoms with Gasteiger partial charge in [0.2, 0.25) is 0 Å². The fraction of sp³-hybridized carbons (Fsp3) is 0.538. The minimum Gasteiger partial charge on any atom is -0.395 e. The lowest BCUT2D eigenvalue weighted by Gasteiger charge is -2.25. The summed E-state index contributed by atoms with van der Waals surface area (Å²) in [7, 11) is 0. The third-order valence-corrected chi connectivity index (χ3v) is 3.59. The van der Waals surface area contributed by atoms with Crippen molar-refractivity contribution in [3.05, 3.63) is 33.6 Å². The third-order valence-electron chi connectivity index (χ3n) is 2.97. The predicted octanol–water partition coefficient (Wildman–Crippen LogP) is 3.80. The van der Waals surface area contributed by atoms with Crippen LogP contribution < -0.4 is 5.32 Å². The fourth-order valence-electron chi connectivity index (χ4n) is 1.74. The van der Waals surface area contributed by atoms with Gasteiger partial charge in [0.15, 0.2) is 0 Å². The smallest absolute Gasteiger partial charge is 0.142 e. The normalized spacial score (nSPS) is 14.9. The van der Waals surface area contributed by atoms with E-state index in [1.165, 1.54) is 12.1 Å². The molecule has 0 aliphatic carbocycles. The highest BCUT2D eigenvalue weighted by atomic mass is 35.5. The maximum atomic E-state index is 13.4. The number of benzene rings is 1. The van der Waals surface area contributed by atoms with Crippen LogP contribution in [0.25, 0.3) is 0 Å². The molecule has 1 rings (SSSR count). The molecule has 5 heteroatoms. The van der Waals surface area contributed by atoms with Gasteiger partial charge in [0.05, 0.1) is 11.6 Å². The van der Waals surface area contributed by atoms with E-state index in [1.807, 2.05) is 20.8 Å². The van der Waals surface area contributed by atoms with Gasteiger partial charge in [-0.2, -0.15) is 0 Å². The van der Waals surface area contributed by atoms with Crippen molar-refractivity contribution in [2.45, 2.75) is 32.9 Å². The number of aliphatic hydroxyl groups excluding tert-OH is 1. The Labute approximate surface area is 117 Å². The summed E-state index contributed by atoms with van der Waals surface area (Å²) in [6.45, 7) is 5.91. The lowest BCUT2D eigenvalue weighted by atomic mass is 10.0. The quantitative estimate of drug-likeness (QED) is 0.810. The summed E-state index contributed by atoms with van der Waals surface area (Å²) >= 11 is 11.7. The van der Waals surface area contributed by atoms with Crippen molar-refractivity contribution in [2.75, 3.05) is 6.61 Å². The van der Waals surface area contributed by atoms with E-state index in [1.54, 1.807) is 0 Å². The van der Waals surface area contributed by atoms with Crippen LogP contribution >= 0.6 is 23.2 Å². The molecule has 0 spiro atoms. The molecule has 0 fully saturated rings. The van der Waals surface area contributed by atoms with Gasteiger partial charge < -0.3 is 10.4 Å². The molecule has 18 heavy (non-hydrogen) atoms. The Hall–Kier alpha value is -0.350. The molecule has 2 unspecified atom stereocenters. The molecular weight excluding hydrogens is 276 g/mol. The Morgan fingerprint density at radius 3 is 2.33 bits per heavy atom. The molecular formula is C13H18Cl2FNO. The summed E-state index contributed by atoms with van der Waals surface area (Å²) < 4.78 is 13.4. The van der Waals surface area contributed by atoms with Crippen molar-refractivity contribution in [2.24, 2.45) is 5.92 Å². The first kappa shape index (κ1) is 15.7. The molecule has 0 bridgehead atoms. The maximum absolute atomic E-state index is 13.4. The Kier molecular flexibility index (Phi) is 5.86. The molecule has 1 aromatic carbocycles. The van der Waals surface area contributed by atoms with E-state index in [4.69, 9.17) is 23.2 Å². The number of halogens is 3. The summed E-state index contributed by atoms with van der Waals surface area (Å²) in [5.41, 5.74) is 0.637. The van der Waals surface area contributed by atoms with Gasteiger partial charge in [0.25, 0.3) is 0 Å². The van der Waals surface area contributed by atoms with Crippen LogP contribution in [0.1, 0.15) is 32.4 Å². The molecule has 0 saturated heterocycles. The first-order valence-electron chi connectivity index (χ1n) is 5.88. The average molecular weight is 294 g/mol. The number of aliphatic hydroxyl groups is 1. The van der Waals surface area contributed by atoms with Crippen LogP contribution in [-0.2, 0) is 0 Å². The molecule has 2 atom stereocenters. The summed E-state index contributed by atoms with van der Waals surface area (Å²) in [6.07, 6.45) is 0. The van der Waals surface area contributed by atoms with Crippen molar-refractivity contribution >= 4 is 23.2 Å². The highest BCUT2D eigenvalue weighted by Crippen LogP contribution is 2.29. The van der Waals surface area contributed by atoms with Crippen molar-refractivity contribution < 1.29 is 9.50 Å². The summed E-state index contributed by atoms with van der Waals surface area (Å²) in [6, 6.07) is 2.51. The number of rotatable bonds is 5. The molecule has 0 aromatic heterocycles. The highest BCUT2D eigenvalue weighted by Gasteiger charge is 2.18. The molecule has 2 N–H and O–H groups in total. The number of hydrogen-bond acceptors (Lipinski definition) is 2. The molecule has 0 radical (unpaired) electrons. The molecule has 1 aromatic rings. The summed E-state index contributed by atoms with van der Waals surface area (Å²) in [5.74, 6) is -0.219. The first-order valence-corrected chi connectivity index (χ1v) is 6.63.